The van der Waals surface area contributed by atoms with E-state index >= 15 is 0 Å². The number of nitrogens with one attached hydrogen (secondary N) is 2. The fourth-order valence-electron chi connectivity index (χ4n) is 2.84. The number of aryl methyl sites for hydroxylation is 4. The Kier molecular flexibility index (Phi) is 5.26. The summed E-state index contributed by atoms with van der Waals surface area (Å²) in [6, 6.07) is 13.0. The molecule has 0 fully saturated rings. The Morgan fingerprint density at radius 2 is 1.48 bits per heavy atom. The molecule has 0 unspecified atom stereocenters. The van der Waals surface area contributed by atoms with Crippen molar-refractivity contribution in [1.29, 1.82) is 0 Å². The fraction of sp³-hybridized carbons (Fsp3) is 0.368. The van der Waals surface area contributed by atoms with Gasteiger partial charge in [-0.2, -0.15) is 0 Å². The molecule has 2 aromatic carbocycles. The van der Waals surface area contributed by atoms with Gasteiger partial charge < -0.3 is 10.6 Å². The van der Waals surface area contributed by atoms with Crippen LogP contribution < -0.4 is 10.6 Å². The molecule has 0 aliphatic heterocycles. The molecule has 2 N–H and O–H groups in total. The molecule has 2 rings (SSSR count). The second kappa shape index (κ2) is 7.16. The maximum atomic E-state index is 3.55. The summed E-state index contributed by atoms with van der Waals surface area (Å²) in [4.78, 5) is 0. The summed E-state index contributed by atoms with van der Waals surface area (Å²) in [5, 5.41) is 7.08. The minimum absolute atomic E-state index is 0.919. The molecule has 0 aromatic heterocycles. The molecule has 2 heteroatoms. The summed E-state index contributed by atoms with van der Waals surface area (Å²) in [6.07, 6.45) is 1.06. The lowest BCUT2D eigenvalue weighted by molar-refractivity contribution is 1.05. The molecule has 0 heterocycles. The third-order valence-corrected chi connectivity index (χ3v) is 3.82. The van der Waals surface area contributed by atoms with Crippen molar-refractivity contribution in [3.63, 3.8) is 0 Å². The Labute approximate surface area is 128 Å². The molecule has 21 heavy (non-hydrogen) atoms. The van der Waals surface area contributed by atoms with Crippen LogP contribution in [0.1, 0.15) is 29.2 Å². The Hall–Kier alpha value is -1.96. The van der Waals surface area contributed by atoms with Crippen LogP contribution in [0, 0.1) is 20.8 Å². The van der Waals surface area contributed by atoms with Crippen LogP contribution in [-0.2, 0) is 6.42 Å². The SMILES string of the molecule is CCc1ccccc1NCCNc1c(C)cc(C)cc1C. The topological polar surface area (TPSA) is 24.1 Å². The molecule has 0 saturated carbocycles. The first kappa shape index (κ1) is 15.4. The van der Waals surface area contributed by atoms with Gasteiger partial charge in [0.25, 0.3) is 0 Å². The molecule has 0 spiro atoms. The molecular formula is C19H26N2. The van der Waals surface area contributed by atoms with E-state index < -0.39 is 0 Å². The summed E-state index contributed by atoms with van der Waals surface area (Å²) in [6.45, 7) is 10.5. The van der Waals surface area contributed by atoms with Crippen LogP contribution in [0.4, 0.5) is 11.4 Å². The maximum absolute atomic E-state index is 3.55. The van der Waals surface area contributed by atoms with Gasteiger partial charge in [0.2, 0.25) is 0 Å². The van der Waals surface area contributed by atoms with E-state index in [9.17, 15) is 0 Å². The first-order valence-corrected chi connectivity index (χ1v) is 7.75. The van der Waals surface area contributed by atoms with Gasteiger partial charge in [0.15, 0.2) is 0 Å². The molecule has 0 aliphatic rings. The van der Waals surface area contributed by atoms with Gasteiger partial charge in [-0.1, -0.05) is 42.8 Å². The van der Waals surface area contributed by atoms with E-state index in [0.717, 1.165) is 19.5 Å². The van der Waals surface area contributed by atoms with Crippen molar-refractivity contribution in [3.05, 3.63) is 58.7 Å². The Morgan fingerprint density at radius 1 is 0.857 bits per heavy atom. The lowest BCUT2D eigenvalue weighted by Crippen LogP contribution is -2.15. The quantitative estimate of drug-likeness (QED) is 0.751. The molecule has 0 atom stereocenters. The van der Waals surface area contributed by atoms with Crippen LogP contribution in [0.15, 0.2) is 36.4 Å². The van der Waals surface area contributed by atoms with Gasteiger partial charge in [0.05, 0.1) is 0 Å². The summed E-state index contributed by atoms with van der Waals surface area (Å²) < 4.78 is 0. The number of anilines is 2. The Bertz CT molecular complexity index is 579. The lowest BCUT2D eigenvalue weighted by atomic mass is 10.1. The molecule has 2 nitrogen and oxygen atoms in total. The molecule has 2 aromatic rings. The van der Waals surface area contributed by atoms with Crippen molar-refractivity contribution in [2.75, 3.05) is 23.7 Å². The fourth-order valence-corrected chi connectivity index (χ4v) is 2.84. The molecule has 112 valence electrons. The first-order valence-electron chi connectivity index (χ1n) is 7.75. The van der Waals surface area contributed by atoms with Crippen molar-refractivity contribution in [3.8, 4) is 0 Å². The second-order valence-electron chi connectivity index (χ2n) is 5.64. The number of para-hydroxylation sites is 1. The van der Waals surface area contributed by atoms with E-state index in [1.54, 1.807) is 0 Å². The highest BCUT2D eigenvalue weighted by atomic mass is 15.0. The monoisotopic (exact) mass is 282 g/mol. The average Bonchev–Trinajstić information content (AvgIpc) is 2.45. The summed E-state index contributed by atoms with van der Waals surface area (Å²) in [7, 11) is 0. The van der Waals surface area contributed by atoms with Crippen LogP contribution in [0.25, 0.3) is 0 Å². The average molecular weight is 282 g/mol. The minimum Gasteiger partial charge on any atom is -0.383 e. The van der Waals surface area contributed by atoms with Gasteiger partial charge in [-0.15, -0.1) is 0 Å². The van der Waals surface area contributed by atoms with Gasteiger partial charge in [0.1, 0.15) is 0 Å². The lowest BCUT2D eigenvalue weighted by Gasteiger charge is -2.15. The van der Waals surface area contributed by atoms with Gasteiger partial charge in [-0.3, -0.25) is 0 Å². The zero-order valence-corrected chi connectivity index (χ0v) is 13.6. The zero-order chi connectivity index (χ0) is 15.2. The normalized spacial score (nSPS) is 10.5. The van der Waals surface area contributed by atoms with E-state index in [0.29, 0.717) is 0 Å². The Morgan fingerprint density at radius 3 is 2.14 bits per heavy atom. The van der Waals surface area contributed by atoms with E-state index in [2.05, 4.69) is 74.7 Å². The molecule has 0 bridgehead atoms. The van der Waals surface area contributed by atoms with E-state index in [4.69, 9.17) is 0 Å². The van der Waals surface area contributed by atoms with Crippen molar-refractivity contribution in [2.45, 2.75) is 34.1 Å². The van der Waals surface area contributed by atoms with Crippen molar-refractivity contribution < 1.29 is 0 Å². The van der Waals surface area contributed by atoms with Crippen LogP contribution >= 0.6 is 0 Å². The van der Waals surface area contributed by atoms with Gasteiger partial charge in [-0.25, -0.2) is 0 Å². The van der Waals surface area contributed by atoms with Crippen molar-refractivity contribution >= 4 is 11.4 Å². The molecule has 0 amide bonds. The first-order chi connectivity index (χ1) is 10.1. The van der Waals surface area contributed by atoms with Crippen LogP contribution in [0.5, 0.6) is 0 Å². The highest BCUT2D eigenvalue weighted by Crippen LogP contribution is 2.21. The van der Waals surface area contributed by atoms with Crippen LogP contribution in [0.3, 0.4) is 0 Å². The molecule has 0 aliphatic carbocycles. The third-order valence-electron chi connectivity index (χ3n) is 3.82. The van der Waals surface area contributed by atoms with Gasteiger partial charge >= 0.3 is 0 Å². The number of benzene rings is 2. The largest absolute Gasteiger partial charge is 0.383 e. The Balaban J connectivity index is 1.91. The molecular weight excluding hydrogens is 256 g/mol. The third kappa shape index (κ3) is 4.01. The van der Waals surface area contributed by atoms with Crippen LogP contribution in [0.2, 0.25) is 0 Å². The number of hydrogen-bond acceptors (Lipinski definition) is 2. The number of rotatable bonds is 6. The zero-order valence-electron chi connectivity index (χ0n) is 13.6. The van der Waals surface area contributed by atoms with Crippen molar-refractivity contribution in [1.82, 2.24) is 0 Å². The maximum Gasteiger partial charge on any atom is 0.0400 e. The van der Waals surface area contributed by atoms with Gasteiger partial charge in [0, 0.05) is 24.5 Å². The standard InChI is InChI=1S/C19H26N2/c1-5-17-8-6-7-9-18(17)20-10-11-21-19-15(3)12-14(2)13-16(19)4/h6-9,12-13,20-21H,5,10-11H2,1-4H3. The van der Waals surface area contributed by atoms with Crippen molar-refractivity contribution in [2.24, 2.45) is 0 Å². The highest BCUT2D eigenvalue weighted by molar-refractivity contribution is 5.58. The summed E-state index contributed by atoms with van der Waals surface area (Å²) in [5.41, 5.74) is 7.86. The molecule has 0 radical (unpaired) electrons. The number of hydrogen-bond donors (Lipinski definition) is 2. The molecule has 0 saturated heterocycles. The van der Waals surface area contributed by atoms with E-state index in [1.165, 1.54) is 33.6 Å². The highest BCUT2D eigenvalue weighted by Gasteiger charge is 2.03. The predicted octanol–water partition coefficient (Wildman–Crippen LogP) is 4.70. The van der Waals surface area contributed by atoms with Crippen LogP contribution in [-0.4, -0.2) is 13.1 Å². The van der Waals surface area contributed by atoms with Gasteiger partial charge in [-0.05, 0) is 49.9 Å². The smallest absolute Gasteiger partial charge is 0.0400 e. The van der Waals surface area contributed by atoms with E-state index in [-0.39, 0.29) is 0 Å². The second-order valence-corrected chi connectivity index (χ2v) is 5.64. The predicted molar refractivity (Wildman–Crippen MR) is 93.5 cm³/mol. The van der Waals surface area contributed by atoms with E-state index in [1.807, 2.05) is 0 Å². The summed E-state index contributed by atoms with van der Waals surface area (Å²) in [5.74, 6) is 0. The summed E-state index contributed by atoms with van der Waals surface area (Å²) >= 11 is 0. The minimum atomic E-state index is 0.919.